The first kappa shape index (κ1) is 20.6. The fraction of sp³-hybridized carbons (Fsp3) is 0.500. The van der Waals surface area contributed by atoms with Crippen molar-refractivity contribution in [2.24, 2.45) is 0 Å². The largest absolute Gasteiger partial charge is 0.493 e. The fourth-order valence-corrected chi connectivity index (χ4v) is 2.64. The number of rotatable bonds is 10. The molecule has 3 atom stereocenters. The second-order valence-electron chi connectivity index (χ2n) is 4.87. The molecule has 0 aliphatic carbocycles. The number of ether oxygens (including phenoxy) is 2. The summed E-state index contributed by atoms with van der Waals surface area (Å²) in [5.74, 6) is 0.382. The summed E-state index contributed by atoms with van der Waals surface area (Å²) < 4.78 is 15.6. The summed E-state index contributed by atoms with van der Waals surface area (Å²) in [7, 11) is 5.56. The van der Waals surface area contributed by atoms with E-state index in [9.17, 15) is 14.9 Å². The minimum atomic E-state index is -0.452. The van der Waals surface area contributed by atoms with Crippen LogP contribution in [0.3, 0.4) is 0 Å². The van der Waals surface area contributed by atoms with Gasteiger partial charge in [-0.3, -0.25) is 14.9 Å². The van der Waals surface area contributed by atoms with Crippen molar-refractivity contribution in [1.82, 2.24) is 5.32 Å². The predicted molar refractivity (Wildman–Crippen MR) is 96.0 cm³/mol. The van der Waals surface area contributed by atoms with E-state index in [0.29, 0.717) is 17.7 Å². The lowest BCUT2D eigenvalue weighted by Gasteiger charge is -2.16. The Kier molecular flexibility index (Phi) is 8.90. The molecule has 0 fully saturated rings. The highest BCUT2D eigenvalue weighted by molar-refractivity contribution is 8.00. The molecule has 0 radical (unpaired) electrons. The normalized spacial score (nSPS) is 12.2. The van der Waals surface area contributed by atoms with Crippen LogP contribution in [0.1, 0.15) is 31.4 Å². The van der Waals surface area contributed by atoms with Crippen molar-refractivity contribution in [2.45, 2.75) is 25.8 Å². The van der Waals surface area contributed by atoms with Crippen LogP contribution in [0, 0.1) is 10.1 Å². The number of carbonyl (C=O) groups excluding carboxylic acids is 1. The van der Waals surface area contributed by atoms with Crippen LogP contribution in [-0.2, 0) is 9.32 Å². The maximum atomic E-state index is 11.3. The maximum absolute atomic E-state index is 11.3. The van der Waals surface area contributed by atoms with E-state index in [2.05, 4.69) is 14.2 Å². The Labute approximate surface area is 144 Å². The zero-order valence-electron chi connectivity index (χ0n) is 13.8. The van der Waals surface area contributed by atoms with E-state index >= 15 is 0 Å². The van der Waals surface area contributed by atoms with Crippen molar-refractivity contribution in [2.75, 3.05) is 20.8 Å². The lowest BCUT2D eigenvalue weighted by Crippen LogP contribution is -2.14. The molecule has 0 heterocycles. The molecule has 0 amide bonds. The van der Waals surface area contributed by atoms with Crippen molar-refractivity contribution < 1.29 is 23.7 Å². The predicted octanol–water partition coefficient (Wildman–Crippen LogP) is 2.97. The van der Waals surface area contributed by atoms with Crippen molar-refractivity contribution in [1.29, 1.82) is 0 Å². The number of hydrogen-bond donors (Lipinski definition) is 1. The zero-order valence-corrected chi connectivity index (χ0v) is 16.0. The molecule has 8 nitrogen and oxygen atoms in total. The molecule has 0 aromatic heterocycles. The molecule has 134 valence electrons. The lowest BCUT2D eigenvalue weighted by molar-refractivity contribution is -0.385. The molecule has 0 saturated heterocycles. The molecular weight excluding hydrogens is 354 g/mol. The van der Waals surface area contributed by atoms with Gasteiger partial charge in [0.2, 0.25) is 0 Å². The van der Waals surface area contributed by atoms with Crippen molar-refractivity contribution in [3.05, 3.63) is 27.8 Å². The molecule has 0 spiro atoms. The van der Waals surface area contributed by atoms with Gasteiger partial charge in [0.1, 0.15) is 0 Å². The lowest BCUT2D eigenvalue weighted by atomic mass is 10.1. The van der Waals surface area contributed by atoms with Gasteiger partial charge in [-0.25, -0.2) is 0 Å². The average molecular weight is 376 g/mol. The molecule has 0 aliphatic heterocycles. The Morgan fingerprint density at radius 1 is 1.46 bits per heavy atom. The van der Waals surface area contributed by atoms with Crippen LogP contribution in [0.15, 0.2) is 12.1 Å². The number of methoxy groups -OCH3 is 1. The van der Waals surface area contributed by atoms with E-state index in [1.165, 1.54) is 13.2 Å². The van der Waals surface area contributed by atoms with E-state index in [-0.39, 0.29) is 45.0 Å². The third kappa shape index (κ3) is 5.86. The SMILES string of the molecule is CNC(C)c1cc(OC)c(OCCCC(=O)OPP)cc1[N+](=O)[O-]. The van der Waals surface area contributed by atoms with Crippen molar-refractivity contribution >= 4 is 29.1 Å². The first-order valence-electron chi connectivity index (χ1n) is 7.26. The molecule has 1 aromatic carbocycles. The van der Waals surface area contributed by atoms with E-state index in [0.717, 1.165) is 0 Å². The highest BCUT2D eigenvalue weighted by Crippen LogP contribution is 2.37. The van der Waals surface area contributed by atoms with E-state index < -0.39 is 4.92 Å². The first-order chi connectivity index (χ1) is 11.4. The van der Waals surface area contributed by atoms with Gasteiger partial charge >= 0.3 is 5.97 Å². The van der Waals surface area contributed by atoms with Gasteiger partial charge in [-0.2, -0.15) is 0 Å². The highest BCUT2D eigenvalue weighted by Gasteiger charge is 2.23. The molecule has 0 aliphatic rings. The van der Waals surface area contributed by atoms with Crippen LogP contribution in [0.5, 0.6) is 11.5 Å². The monoisotopic (exact) mass is 376 g/mol. The van der Waals surface area contributed by atoms with Crippen molar-refractivity contribution in [3.8, 4) is 11.5 Å². The van der Waals surface area contributed by atoms with E-state index in [4.69, 9.17) is 14.0 Å². The third-order valence-corrected chi connectivity index (χ3v) is 4.06. The number of benzene rings is 1. The van der Waals surface area contributed by atoms with E-state index in [1.807, 2.05) is 6.92 Å². The van der Waals surface area contributed by atoms with Gasteiger partial charge in [-0.05, 0) is 26.5 Å². The van der Waals surface area contributed by atoms with Gasteiger partial charge in [0, 0.05) is 12.5 Å². The smallest absolute Gasteiger partial charge is 0.308 e. The Balaban J connectivity index is 2.88. The Morgan fingerprint density at radius 2 is 2.17 bits per heavy atom. The summed E-state index contributed by atoms with van der Waals surface area (Å²) in [4.78, 5) is 22.1. The van der Waals surface area contributed by atoms with Crippen LogP contribution in [-0.4, -0.2) is 31.7 Å². The summed E-state index contributed by atoms with van der Waals surface area (Å²) in [5.41, 5.74) is 0.466. The summed E-state index contributed by atoms with van der Waals surface area (Å²) in [5, 5.41) is 14.3. The van der Waals surface area contributed by atoms with E-state index in [1.54, 1.807) is 13.1 Å². The molecule has 0 saturated carbocycles. The Bertz CT molecular complexity index is 585. The average Bonchev–Trinajstić information content (AvgIpc) is 2.57. The number of nitrogens with one attached hydrogen (secondary N) is 1. The molecule has 1 rings (SSSR count). The number of nitro benzene ring substituents is 1. The van der Waals surface area contributed by atoms with Crippen molar-refractivity contribution in [3.63, 3.8) is 0 Å². The maximum Gasteiger partial charge on any atom is 0.308 e. The molecule has 1 aromatic rings. The third-order valence-electron chi connectivity index (χ3n) is 3.36. The first-order valence-corrected chi connectivity index (χ1v) is 9.98. The van der Waals surface area contributed by atoms with Gasteiger partial charge in [0.15, 0.2) is 11.5 Å². The number of carbonyl (C=O) groups is 1. The van der Waals surface area contributed by atoms with Crippen LogP contribution in [0.4, 0.5) is 5.69 Å². The summed E-state index contributed by atoms with van der Waals surface area (Å²) in [6.07, 6.45) is 0.667. The molecular formula is C14H22N2O6P2. The topological polar surface area (TPSA) is 99.9 Å². The molecule has 10 heteroatoms. The van der Waals surface area contributed by atoms with Gasteiger partial charge in [0.05, 0.1) is 38.8 Å². The fourth-order valence-electron chi connectivity index (χ4n) is 2.01. The quantitative estimate of drug-likeness (QED) is 0.290. The number of hydrogen-bond acceptors (Lipinski definition) is 7. The summed E-state index contributed by atoms with van der Waals surface area (Å²) in [6, 6.07) is 2.73. The molecule has 24 heavy (non-hydrogen) atoms. The summed E-state index contributed by atoms with van der Waals surface area (Å²) >= 11 is 0. The standard InChI is InChI=1S/C14H22N2O6P2/c1-9(15-2)10-7-12(20-3)13(8-11(10)16(18)19)21-6-4-5-14(17)22-24-23/h7-9,15,24H,4-6,23H2,1-3H3. The molecule has 1 N–H and O–H groups in total. The second kappa shape index (κ2) is 10.4. The van der Waals surface area contributed by atoms with Crippen LogP contribution < -0.4 is 14.8 Å². The Morgan fingerprint density at radius 3 is 2.71 bits per heavy atom. The molecule has 0 bridgehead atoms. The summed E-state index contributed by atoms with van der Waals surface area (Å²) in [6.45, 7) is 2.05. The zero-order chi connectivity index (χ0) is 18.1. The second-order valence-corrected chi connectivity index (χ2v) is 6.02. The minimum absolute atomic E-state index is 0.0373. The van der Waals surface area contributed by atoms with Crippen LogP contribution >= 0.6 is 17.4 Å². The van der Waals surface area contributed by atoms with Gasteiger partial charge in [0.25, 0.3) is 5.69 Å². The minimum Gasteiger partial charge on any atom is -0.493 e. The number of nitro groups is 1. The highest BCUT2D eigenvalue weighted by atomic mass is 32.0. The van der Waals surface area contributed by atoms with Crippen LogP contribution in [0.25, 0.3) is 0 Å². The Hall–Kier alpha value is -1.49. The van der Waals surface area contributed by atoms with Crippen LogP contribution in [0.2, 0.25) is 0 Å². The molecule has 3 unspecified atom stereocenters. The number of nitrogens with zero attached hydrogens (tertiary/aromatic N) is 1. The van der Waals surface area contributed by atoms with Gasteiger partial charge in [-0.15, -0.1) is 0 Å². The van der Waals surface area contributed by atoms with Gasteiger partial charge in [-0.1, -0.05) is 8.93 Å². The van der Waals surface area contributed by atoms with Gasteiger partial charge < -0.3 is 19.3 Å².